The molecule has 1 aromatic heterocycles. The van der Waals surface area contributed by atoms with Gasteiger partial charge in [0.05, 0.1) is 35.3 Å². The topological polar surface area (TPSA) is 44.2 Å². The maximum atomic E-state index is 6.57. The van der Waals surface area contributed by atoms with Crippen LogP contribution in [0, 0.1) is 35.5 Å². The number of nitrogens with zero attached hydrogens (tertiary/aromatic N) is 2. The van der Waals surface area contributed by atoms with E-state index in [4.69, 9.17) is 19.4 Å². The predicted molar refractivity (Wildman–Crippen MR) is 243 cm³/mol. The highest BCUT2D eigenvalue weighted by molar-refractivity contribution is 6.23. The van der Waals surface area contributed by atoms with E-state index in [1.807, 2.05) is 0 Å². The van der Waals surface area contributed by atoms with E-state index in [0.29, 0.717) is 25.0 Å². The summed E-state index contributed by atoms with van der Waals surface area (Å²) in [5.41, 5.74) is 3.58. The summed E-state index contributed by atoms with van der Waals surface area (Å²) in [6.45, 7) is 20.4. The molecule has 5 rings (SSSR count). The van der Waals surface area contributed by atoms with Crippen molar-refractivity contribution in [2.24, 2.45) is 35.5 Å². The Labute approximate surface area is 341 Å². The number of aromatic nitrogens is 2. The second kappa shape index (κ2) is 22.5. The molecule has 0 aliphatic heterocycles. The van der Waals surface area contributed by atoms with Crippen LogP contribution in [0.3, 0.4) is 0 Å². The quantitative estimate of drug-likeness (QED) is 0.0320. The summed E-state index contributed by atoms with van der Waals surface area (Å²) in [6.07, 6.45) is 20.7. The maximum absolute atomic E-state index is 6.57. The standard InChI is InChI=1S/C52H76N2O2/c1-37(2)19-13-21-39(5)23-15-25-41(7)27-17-33-55-49-35-47-48(36-50(49)56-34-18-28-42(8)26-16-24-40(6)22-14-20-38(3)4)54-52-46-32-12-10-30-44(46)43-29-9-11-31-45(43)51(52)53-47/h9-12,29-32,35-42H,13-28,33-34H2,1-8H3. The van der Waals surface area contributed by atoms with Crippen molar-refractivity contribution in [2.75, 3.05) is 13.2 Å². The number of benzene rings is 4. The van der Waals surface area contributed by atoms with Gasteiger partial charge in [0, 0.05) is 22.9 Å². The lowest BCUT2D eigenvalue weighted by Gasteiger charge is -2.17. The summed E-state index contributed by atoms with van der Waals surface area (Å²) in [7, 11) is 0. The Morgan fingerprint density at radius 1 is 0.393 bits per heavy atom. The van der Waals surface area contributed by atoms with Crippen LogP contribution in [0.1, 0.15) is 158 Å². The van der Waals surface area contributed by atoms with Gasteiger partial charge in [-0.25, -0.2) is 9.97 Å². The first-order valence-electron chi connectivity index (χ1n) is 22.9. The lowest BCUT2D eigenvalue weighted by molar-refractivity contribution is 0.249. The zero-order valence-electron chi connectivity index (χ0n) is 36.7. The summed E-state index contributed by atoms with van der Waals surface area (Å²) >= 11 is 0. The van der Waals surface area contributed by atoms with Gasteiger partial charge in [-0.05, 0) is 72.0 Å². The fraction of sp³-hybridized carbons (Fsp3) is 0.615. The zero-order valence-corrected chi connectivity index (χ0v) is 36.7. The Hall–Kier alpha value is -3.40. The average molecular weight is 761 g/mol. The largest absolute Gasteiger partial charge is 0.490 e. The summed E-state index contributed by atoms with van der Waals surface area (Å²) in [5, 5.41) is 4.68. The minimum absolute atomic E-state index is 0.680. The second-order valence-electron chi connectivity index (χ2n) is 18.7. The minimum atomic E-state index is 0.680. The first kappa shape index (κ1) is 43.7. The molecule has 0 aliphatic rings. The van der Waals surface area contributed by atoms with Crippen molar-refractivity contribution in [3.8, 4) is 11.5 Å². The molecule has 0 fully saturated rings. The number of rotatable bonds is 26. The fourth-order valence-corrected chi connectivity index (χ4v) is 8.70. The summed E-state index contributed by atoms with van der Waals surface area (Å²) in [4.78, 5) is 10.6. The highest BCUT2D eigenvalue weighted by Gasteiger charge is 2.16. The molecule has 0 N–H and O–H groups in total. The Morgan fingerprint density at radius 2 is 0.696 bits per heavy atom. The molecular formula is C52H76N2O2. The van der Waals surface area contributed by atoms with Gasteiger partial charge in [-0.15, -0.1) is 0 Å². The van der Waals surface area contributed by atoms with Crippen LogP contribution in [0.15, 0.2) is 60.7 Å². The lowest BCUT2D eigenvalue weighted by atomic mass is 9.92. The molecular weight excluding hydrogens is 685 g/mol. The van der Waals surface area contributed by atoms with Crippen LogP contribution < -0.4 is 9.47 Å². The average Bonchev–Trinajstić information content (AvgIpc) is 3.17. The van der Waals surface area contributed by atoms with Gasteiger partial charge in [-0.2, -0.15) is 0 Å². The van der Waals surface area contributed by atoms with Crippen LogP contribution in [-0.2, 0) is 0 Å². The van der Waals surface area contributed by atoms with Gasteiger partial charge in [-0.1, -0.05) is 181 Å². The Bertz CT molecular complexity index is 1780. The highest BCUT2D eigenvalue weighted by atomic mass is 16.5. The van der Waals surface area contributed by atoms with Crippen LogP contribution >= 0.6 is 0 Å². The molecule has 0 bridgehead atoms. The molecule has 0 radical (unpaired) electrons. The Balaban J connectivity index is 1.22. The number of ether oxygens (including phenoxy) is 2. The molecule has 4 unspecified atom stereocenters. The van der Waals surface area contributed by atoms with Gasteiger partial charge >= 0.3 is 0 Å². The van der Waals surface area contributed by atoms with Crippen molar-refractivity contribution in [2.45, 2.75) is 158 Å². The zero-order chi connectivity index (χ0) is 39.9. The molecule has 0 saturated heterocycles. The summed E-state index contributed by atoms with van der Waals surface area (Å²) in [6, 6.07) is 21.3. The molecule has 4 aromatic carbocycles. The fourth-order valence-electron chi connectivity index (χ4n) is 8.70. The molecule has 56 heavy (non-hydrogen) atoms. The summed E-state index contributed by atoms with van der Waals surface area (Å²) < 4.78 is 13.1. The van der Waals surface area contributed by atoms with Crippen LogP contribution in [-0.4, -0.2) is 23.2 Å². The smallest absolute Gasteiger partial charge is 0.163 e. The van der Waals surface area contributed by atoms with E-state index >= 15 is 0 Å². The van der Waals surface area contributed by atoms with E-state index in [0.717, 1.165) is 80.9 Å². The van der Waals surface area contributed by atoms with Crippen molar-refractivity contribution < 1.29 is 9.47 Å². The molecule has 0 amide bonds. The van der Waals surface area contributed by atoms with Crippen LogP contribution in [0.2, 0.25) is 0 Å². The van der Waals surface area contributed by atoms with Gasteiger partial charge in [0.15, 0.2) is 11.5 Å². The molecule has 0 saturated carbocycles. The summed E-state index contributed by atoms with van der Waals surface area (Å²) in [5.74, 6) is 6.33. The van der Waals surface area contributed by atoms with Crippen LogP contribution in [0.4, 0.5) is 0 Å². The van der Waals surface area contributed by atoms with Crippen LogP contribution in [0.25, 0.3) is 43.6 Å². The van der Waals surface area contributed by atoms with Crippen molar-refractivity contribution in [3.05, 3.63) is 60.7 Å². The third kappa shape index (κ3) is 13.3. The molecule has 306 valence electrons. The molecule has 0 aliphatic carbocycles. The third-order valence-electron chi connectivity index (χ3n) is 12.3. The van der Waals surface area contributed by atoms with Gasteiger partial charge in [0.25, 0.3) is 0 Å². The van der Waals surface area contributed by atoms with Gasteiger partial charge < -0.3 is 9.47 Å². The SMILES string of the molecule is CC(C)CCCC(C)CCCC(C)CCCOc1cc2nc3c4ccccc4c4ccccc4c3nc2cc1OCCCC(C)CCCC(C)CCCC(C)C. The Kier molecular flexibility index (Phi) is 17.6. The number of fused-ring (bicyclic) bond motifs is 7. The number of hydrogen-bond acceptors (Lipinski definition) is 4. The molecule has 0 spiro atoms. The maximum Gasteiger partial charge on any atom is 0.163 e. The first-order valence-corrected chi connectivity index (χ1v) is 22.9. The molecule has 1 heterocycles. The van der Waals surface area contributed by atoms with Crippen LogP contribution in [0.5, 0.6) is 11.5 Å². The third-order valence-corrected chi connectivity index (χ3v) is 12.3. The van der Waals surface area contributed by atoms with E-state index in [-0.39, 0.29) is 0 Å². The Morgan fingerprint density at radius 3 is 1.04 bits per heavy atom. The van der Waals surface area contributed by atoms with E-state index in [9.17, 15) is 0 Å². The van der Waals surface area contributed by atoms with Crippen molar-refractivity contribution in [1.82, 2.24) is 9.97 Å². The first-order chi connectivity index (χ1) is 27.1. The van der Waals surface area contributed by atoms with Crippen molar-refractivity contribution in [3.63, 3.8) is 0 Å². The predicted octanol–water partition coefficient (Wildman–Crippen LogP) is 15.9. The van der Waals surface area contributed by atoms with E-state index < -0.39 is 0 Å². The van der Waals surface area contributed by atoms with Crippen molar-refractivity contribution >= 4 is 43.6 Å². The molecule has 4 atom stereocenters. The van der Waals surface area contributed by atoms with Gasteiger partial charge in [0.1, 0.15) is 0 Å². The van der Waals surface area contributed by atoms with E-state index in [1.165, 1.54) is 101 Å². The normalized spacial score (nSPS) is 14.3. The van der Waals surface area contributed by atoms with E-state index in [1.54, 1.807) is 0 Å². The minimum Gasteiger partial charge on any atom is -0.490 e. The van der Waals surface area contributed by atoms with E-state index in [2.05, 4.69) is 116 Å². The lowest BCUT2D eigenvalue weighted by Crippen LogP contribution is -2.06. The van der Waals surface area contributed by atoms with Crippen molar-refractivity contribution in [1.29, 1.82) is 0 Å². The van der Waals surface area contributed by atoms with Gasteiger partial charge in [-0.3, -0.25) is 0 Å². The van der Waals surface area contributed by atoms with Gasteiger partial charge in [0.2, 0.25) is 0 Å². The molecule has 4 heteroatoms. The number of hydrogen-bond donors (Lipinski definition) is 0. The molecule has 4 nitrogen and oxygen atoms in total. The second-order valence-corrected chi connectivity index (χ2v) is 18.7. The monoisotopic (exact) mass is 761 g/mol. The molecule has 5 aromatic rings. The highest BCUT2D eigenvalue weighted by Crippen LogP contribution is 2.37.